The van der Waals surface area contributed by atoms with Crippen LogP contribution in [0.5, 0.6) is 0 Å². The molecule has 1 aromatic carbocycles. The fourth-order valence-corrected chi connectivity index (χ4v) is 3.29. The molecule has 1 aliphatic rings. The Kier molecular flexibility index (Phi) is 3.45. The van der Waals surface area contributed by atoms with Gasteiger partial charge in [0.2, 0.25) is 0 Å². The molecule has 128 valence electrons. The van der Waals surface area contributed by atoms with E-state index in [4.69, 9.17) is 0 Å². The van der Waals surface area contributed by atoms with Crippen LogP contribution < -0.4 is 0 Å². The van der Waals surface area contributed by atoms with E-state index in [1.807, 2.05) is 30.3 Å². The van der Waals surface area contributed by atoms with Gasteiger partial charge in [-0.1, -0.05) is 30.3 Å². The van der Waals surface area contributed by atoms with Gasteiger partial charge in [-0.25, -0.2) is 4.98 Å². The Hall–Kier alpha value is -3.21. The van der Waals surface area contributed by atoms with Crippen LogP contribution in [-0.2, 0) is 6.42 Å². The summed E-state index contributed by atoms with van der Waals surface area (Å²) in [5.41, 5.74) is 5.48. The number of aromatic amines is 2. The second kappa shape index (κ2) is 5.95. The number of pyridine rings is 1. The number of benzene rings is 1. The van der Waals surface area contributed by atoms with Crippen molar-refractivity contribution in [2.75, 3.05) is 0 Å². The molecule has 0 bridgehead atoms. The Bertz CT molecular complexity index is 1090. The van der Waals surface area contributed by atoms with Crippen LogP contribution in [0.3, 0.4) is 0 Å². The average molecular weight is 342 g/mol. The van der Waals surface area contributed by atoms with Crippen molar-refractivity contribution in [3.05, 3.63) is 71.7 Å². The molecule has 0 amide bonds. The lowest BCUT2D eigenvalue weighted by atomic mass is 10.1. The van der Waals surface area contributed by atoms with Gasteiger partial charge in [0, 0.05) is 35.3 Å². The maximum Gasteiger partial charge on any atom is 0.187 e. The van der Waals surface area contributed by atoms with E-state index in [0.717, 1.165) is 33.5 Å². The number of aromatic nitrogens is 4. The number of nitrogens with one attached hydrogen (secondary N) is 2. The van der Waals surface area contributed by atoms with Crippen molar-refractivity contribution in [2.45, 2.75) is 25.2 Å². The maximum absolute atomic E-state index is 12.5. The lowest BCUT2D eigenvalue weighted by Crippen LogP contribution is -2.04. The van der Waals surface area contributed by atoms with Crippen LogP contribution in [-0.4, -0.2) is 25.9 Å². The van der Waals surface area contributed by atoms with Gasteiger partial charge in [0.05, 0.1) is 0 Å². The minimum Gasteiger partial charge on any atom is -0.339 e. The molecule has 5 rings (SSSR count). The number of carbonyl (C=O) groups is 1. The van der Waals surface area contributed by atoms with Gasteiger partial charge in [0.15, 0.2) is 5.78 Å². The molecule has 4 aromatic rings. The fraction of sp³-hybridized carbons (Fsp3) is 0.190. The number of hydrogen-bond acceptors (Lipinski definition) is 3. The third kappa shape index (κ3) is 2.81. The molecule has 0 spiro atoms. The van der Waals surface area contributed by atoms with E-state index in [-0.39, 0.29) is 5.78 Å². The largest absolute Gasteiger partial charge is 0.339 e. The first-order valence-corrected chi connectivity index (χ1v) is 8.88. The van der Waals surface area contributed by atoms with Gasteiger partial charge in [0.25, 0.3) is 0 Å². The summed E-state index contributed by atoms with van der Waals surface area (Å²) in [5, 5.41) is 8.18. The SMILES string of the molecule is O=C(Cc1cnc2[nH]c(-c3ccccc3)cc2c1)c1cc(C2CC2)[nH]n1. The molecule has 0 unspecified atom stereocenters. The first-order chi connectivity index (χ1) is 12.8. The molecule has 0 radical (unpaired) electrons. The number of nitrogens with zero attached hydrogens (tertiary/aromatic N) is 2. The predicted molar refractivity (Wildman–Crippen MR) is 100 cm³/mol. The lowest BCUT2D eigenvalue weighted by Gasteiger charge is -1.98. The van der Waals surface area contributed by atoms with E-state index in [0.29, 0.717) is 18.0 Å². The zero-order valence-corrected chi connectivity index (χ0v) is 14.2. The van der Waals surface area contributed by atoms with Crippen molar-refractivity contribution in [1.29, 1.82) is 0 Å². The van der Waals surface area contributed by atoms with E-state index >= 15 is 0 Å². The summed E-state index contributed by atoms with van der Waals surface area (Å²) < 4.78 is 0. The maximum atomic E-state index is 12.5. The number of H-pyrrole nitrogens is 2. The average Bonchev–Trinajstić information content (AvgIpc) is 3.24. The van der Waals surface area contributed by atoms with Crippen LogP contribution >= 0.6 is 0 Å². The van der Waals surface area contributed by atoms with E-state index in [1.165, 1.54) is 12.8 Å². The Morgan fingerprint density at radius 2 is 1.96 bits per heavy atom. The molecule has 3 heterocycles. The minimum atomic E-state index is 0.0214. The predicted octanol–water partition coefficient (Wildman–Crippen LogP) is 4.26. The molecule has 3 aromatic heterocycles. The highest BCUT2D eigenvalue weighted by molar-refractivity contribution is 5.96. The monoisotopic (exact) mass is 342 g/mol. The Labute approximate surface area is 150 Å². The molecule has 5 heteroatoms. The fourth-order valence-electron chi connectivity index (χ4n) is 3.29. The molecular formula is C21H18N4O. The van der Waals surface area contributed by atoms with Crippen LogP contribution in [0.15, 0.2) is 54.7 Å². The van der Waals surface area contributed by atoms with E-state index in [2.05, 4.69) is 38.4 Å². The van der Waals surface area contributed by atoms with E-state index in [1.54, 1.807) is 6.20 Å². The highest BCUT2D eigenvalue weighted by Crippen LogP contribution is 2.39. The lowest BCUT2D eigenvalue weighted by molar-refractivity contribution is 0.0988. The van der Waals surface area contributed by atoms with Crippen molar-refractivity contribution < 1.29 is 4.79 Å². The Morgan fingerprint density at radius 1 is 1.12 bits per heavy atom. The standard InChI is InChI=1S/C21H18N4O/c26-20(19-11-18(24-25-19)15-6-7-15)9-13-8-16-10-17(23-21(16)22-12-13)14-4-2-1-3-5-14/h1-5,8,10-12,15H,6-7,9H2,(H,22,23)(H,24,25). The number of hydrogen-bond donors (Lipinski definition) is 2. The van der Waals surface area contributed by atoms with E-state index < -0.39 is 0 Å². The molecule has 0 atom stereocenters. The quantitative estimate of drug-likeness (QED) is 0.532. The van der Waals surface area contributed by atoms with Crippen LogP contribution in [0.4, 0.5) is 0 Å². The molecule has 26 heavy (non-hydrogen) atoms. The summed E-state index contributed by atoms with van der Waals surface area (Å²) >= 11 is 0. The third-order valence-electron chi connectivity index (χ3n) is 4.88. The minimum absolute atomic E-state index is 0.0214. The summed E-state index contributed by atoms with van der Waals surface area (Å²) in [6.45, 7) is 0. The van der Waals surface area contributed by atoms with E-state index in [9.17, 15) is 4.79 Å². The van der Waals surface area contributed by atoms with Gasteiger partial charge in [0.1, 0.15) is 11.3 Å². The molecule has 0 aliphatic heterocycles. The molecular weight excluding hydrogens is 324 g/mol. The molecule has 0 saturated heterocycles. The van der Waals surface area contributed by atoms with Gasteiger partial charge in [-0.2, -0.15) is 5.10 Å². The number of fused-ring (bicyclic) bond motifs is 1. The van der Waals surface area contributed by atoms with Gasteiger partial charge in [-0.3, -0.25) is 9.89 Å². The summed E-state index contributed by atoms with van der Waals surface area (Å²) in [5.74, 6) is 0.589. The third-order valence-corrected chi connectivity index (χ3v) is 4.88. The molecule has 1 aliphatic carbocycles. The first kappa shape index (κ1) is 15.1. The molecule has 5 nitrogen and oxygen atoms in total. The Morgan fingerprint density at radius 3 is 2.77 bits per heavy atom. The smallest absolute Gasteiger partial charge is 0.187 e. The summed E-state index contributed by atoms with van der Waals surface area (Å²) in [6.07, 6.45) is 4.45. The first-order valence-electron chi connectivity index (χ1n) is 8.88. The van der Waals surface area contributed by atoms with Gasteiger partial charge >= 0.3 is 0 Å². The molecule has 2 N–H and O–H groups in total. The molecule has 1 saturated carbocycles. The van der Waals surface area contributed by atoms with Crippen molar-refractivity contribution in [3.8, 4) is 11.3 Å². The second-order valence-corrected chi connectivity index (χ2v) is 6.91. The summed E-state index contributed by atoms with van der Waals surface area (Å²) in [7, 11) is 0. The summed E-state index contributed by atoms with van der Waals surface area (Å²) in [6, 6.07) is 16.1. The van der Waals surface area contributed by atoms with Gasteiger partial charge in [-0.05, 0) is 42.2 Å². The zero-order chi connectivity index (χ0) is 17.5. The second-order valence-electron chi connectivity index (χ2n) is 6.91. The number of rotatable bonds is 5. The van der Waals surface area contributed by atoms with Crippen molar-refractivity contribution in [3.63, 3.8) is 0 Å². The normalized spacial score (nSPS) is 14.0. The topological polar surface area (TPSA) is 74.4 Å². The number of carbonyl (C=O) groups excluding carboxylic acids is 1. The summed E-state index contributed by atoms with van der Waals surface area (Å²) in [4.78, 5) is 20.3. The molecule has 1 fully saturated rings. The van der Waals surface area contributed by atoms with Crippen LogP contribution in [0.25, 0.3) is 22.3 Å². The van der Waals surface area contributed by atoms with Crippen molar-refractivity contribution >= 4 is 16.8 Å². The highest BCUT2D eigenvalue weighted by atomic mass is 16.1. The zero-order valence-electron chi connectivity index (χ0n) is 14.2. The van der Waals surface area contributed by atoms with Gasteiger partial charge in [-0.15, -0.1) is 0 Å². The van der Waals surface area contributed by atoms with Crippen LogP contribution in [0, 0.1) is 0 Å². The number of Topliss-reactive ketones (excluding diaryl/α,β-unsaturated/α-hetero) is 1. The number of ketones is 1. The van der Waals surface area contributed by atoms with Gasteiger partial charge < -0.3 is 4.98 Å². The van der Waals surface area contributed by atoms with Crippen molar-refractivity contribution in [2.24, 2.45) is 0 Å². The highest BCUT2D eigenvalue weighted by Gasteiger charge is 2.26. The Balaban J connectivity index is 1.39. The van der Waals surface area contributed by atoms with Crippen molar-refractivity contribution in [1.82, 2.24) is 20.2 Å². The van der Waals surface area contributed by atoms with Crippen LogP contribution in [0.1, 0.15) is 40.5 Å². The van der Waals surface area contributed by atoms with Crippen LogP contribution in [0.2, 0.25) is 0 Å².